The maximum absolute atomic E-state index is 14.8. The zero-order chi connectivity index (χ0) is 45.5. The van der Waals surface area contributed by atoms with Gasteiger partial charge in [-0.15, -0.1) is 6.58 Å². The number of rotatable bonds is 25. The first-order valence-corrected chi connectivity index (χ1v) is 22.1. The van der Waals surface area contributed by atoms with Gasteiger partial charge in [-0.05, 0) is 92.0 Å². The largest absolute Gasteiger partial charge is 0.489 e. The molecule has 1 aliphatic heterocycles. The fourth-order valence-corrected chi connectivity index (χ4v) is 9.32. The van der Waals surface area contributed by atoms with Crippen molar-refractivity contribution < 1.29 is 57.9 Å². The minimum absolute atomic E-state index is 0.00596. The minimum Gasteiger partial charge on any atom is -0.489 e. The van der Waals surface area contributed by atoms with Crippen LogP contribution in [0.4, 0.5) is 14.9 Å². The summed E-state index contributed by atoms with van der Waals surface area (Å²) in [6, 6.07) is 17.1. The van der Waals surface area contributed by atoms with Gasteiger partial charge in [-0.2, -0.15) is 0 Å². The van der Waals surface area contributed by atoms with Gasteiger partial charge in [0.1, 0.15) is 36.6 Å². The molecule has 1 saturated carbocycles. The summed E-state index contributed by atoms with van der Waals surface area (Å²) in [7, 11) is 0. The highest BCUT2D eigenvalue weighted by Crippen LogP contribution is 2.62. The summed E-state index contributed by atoms with van der Waals surface area (Å²) in [6.45, 7) is 5.80. The third kappa shape index (κ3) is 11.3. The van der Waals surface area contributed by atoms with Gasteiger partial charge in [0.2, 0.25) is 5.79 Å². The molecule has 3 aromatic carbocycles. The van der Waals surface area contributed by atoms with Crippen LogP contribution in [0.15, 0.2) is 96.2 Å². The molecule has 16 heteroatoms. The molecule has 2 aliphatic carbocycles. The predicted octanol–water partition coefficient (Wildman–Crippen LogP) is 7.61. The van der Waals surface area contributed by atoms with Crippen LogP contribution in [0.25, 0.3) is 0 Å². The second-order valence-electron chi connectivity index (χ2n) is 16.1. The van der Waals surface area contributed by atoms with Crippen molar-refractivity contribution in [3.63, 3.8) is 0 Å². The van der Waals surface area contributed by atoms with Crippen molar-refractivity contribution in [2.75, 3.05) is 52.8 Å². The van der Waals surface area contributed by atoms with Crippen molar-refractivity contribution in [3.8, 4) is 11.5 Å². The van der Waals surface area contributed by atoms with E-state index in [-0.39, 0.29) is 102 Å². The second kappa shape index (κ2) is 23.5. The highest BCUT2D eigenvalue weighted by Gasteiger charge is 2.65. The first-order valence-electron chi connectivity index (χ1n) is 22.1. The first-order chi connectivity index (χ1) is 31.2. The molecule has 0 saturated heterocycles. The molecule has 3 N–H and O–H groups in total. The number of allylic oxidation sites excluding steroid dienone is 1. The van der Waals surface area contributed by atoms with Crippen LogP contribution in [0.5, 0.6) is 11.5 Å². The maximum atomic E-state index is 14.8. The van der Waals surface area contributed by atoms with Gasteiger partial charge < -0.3 is 43.8 Å². The second-order valence-corrected chi connectivity index (χ2v) is 16.1. The third-order valence-corrected chi connectivity index (χ3v) is 12.1. The SMILES string of the molecule is C=CCO[C@@]12Oc3ccc(OCc4ccccc4F)cc3[C@H]3[C@H](CCCCO)[C@@H](CCCCO)C=C(C(=NOCc4ccc([N+](=O)[O-])cc4)C[C@@H]1N(CCOCCO)C(=O)OCC)[C@H]32. The lowest BCUT2D eigenvalue weighted by atomic mass is 9.55. The lowest BCUT2D eigenvalue weighted by molar-refractivity contribution is -0.384. The van der Waals surface area contributed by atoms with E-state index >= 15 is 0 Å². The third-order valence-electron chi connectivity index (χ3n) is 12.1. The number of oxime groups is 1. The average Bonchev–Trinajstić information content (AvgIpc) is 3.30. The summed E-state index contributed by atoms with van der Waals surface area (Å²) >= 11 is 0. The molecule has 6 atom stereocenters. The molecule has 6 rings (SSSR count). The minimum atomic E-state index is -1.57. The maximum Gasteiger partial charge on any atom is 0.410 e. The zero-order valence-corrected chi connectivity index (χ0v) is 36.4. The summed E-state index contributed by atoms with van der Waals surface area (Å²) in [6.07, 6.45) is 7.35. The predicted molar refractivity (Wildman–Crippen MR) is 235 cm³/mol. The van der Waals surface area contributed by atoms with Crippen molar-refractivity contribution in [3.05, 3.63) is 124 Å². The fraction of sp³-hybridized carbons (Fsp3) is 0.500. The molecule has 346 valence electrons. The summed E-state index contributed by atoms with van der Waals surface area (Å²) in [5.74, 6) is -2.06. The number of ether oxygens (including phenoxy) is 5. The Morgan fingerprint density at radius 3 is 2.48 bits per heavy atom. The molecular weight excluding hydrogens is 830 g/mol. The van der Waals surface area contributed by atoms with Gasteiger partial charge >= 0.3 is 6.09 Å². The van der Waals surface area contributed by atoms with Crippen molar-refractivity contribution >= 4 is 17.5 Å². The number of hydrogen-bond acceptors (Lipinski definition) is 13. The summed E-state index contributed by atoms with van der Waals surface area (Å²) < 4.78 is 46.6. The average molecular weight is 890 g/mol. The molecule has 1 amide bonds. The Balaban J connectivity index is 1.55. The molecule has 0 unspecified atom stereocenters. The van der Waals surface area contributed by atoms with E-state index in [0.29, 0.717) is 54.0 Å². The molecule has 0 bridgehead atoms. The van der Waals surface area contributed by atoms with Gasteiger partial charge in [0.05, 0.1) is 49.6 Å². The molecule has 1 fully saturated rings. The van der Waals surface area contributed by atoms with Gasteiger partial charge in [0.25, 0.3) is 5.69 Å². The number of amides is 1. The Hall–Kier alpha value is -5.39. The number of nitro groups is 1. The highest BCUT2D eigenvalue weighted by molar-refractivity contribution is 6.03. The fourth-order valence-electron chi connectivity index (χ4n) is 9.32. The van der Waals surface area contributed by atoms with Crippen LogP contribution in [-0.2, 0) is 32.3 Å². The van der Waals surface area contributed by atoms with Crippen LogP contribution in [0, 0.1) is 33.7 Å². The van der Waals surface area contributed by atoms with Crippen molar-refractivity contribution in [1.29, 1.82) is 0 Å². The standard InChI is InChI=1S/C48H60FN3O12/c1-3-25-62-48-44(51(47(56)60-4-2)21-26-59-27-24-55)30-42(50-63-31-33-15-17-36(18-16-33)52(57)58)39-28-34(11-7-9-22-53)38(13-8-10-23-54)45(46(39)48)40-29-37(19-20-43(40)64-48)61-32-35-12-5-6-14-41(35)49/h3,5-6,12,14-20,28-29,34,38,44-46,53-55H,1,4,7-11,13,21-27,30-32H2,2H3/t34-,38+,44-,45+,46+,48+/m0/s1. The van der Waals surface area contributed by atoms with Gasteiger partial charge in [-0.25, -0.2) is 9.18 Å². The van der Waals surface area contributed by atoms with Crippen LogP contribution >= 0.6 is 0 Å². The number of benzene rings is 3. The molecule has 15 nitrogen and oxygen atoms in total. The number of aliphatic hydroxyl groups is 3. The van der Waals surface area contributed by atoms with Crippen LogP contribution in [-0.4, -0.2) is 102 Å². The number of non-ortho nitro benzene ring substituents is 1. The van der Waals surface area contributed by atoms with E-state index in [2.05, 4.69) is 12.7 Å². The summed E-state index contributed by atoms with van der Waals surface area (Å²) in [5, 5.41) is 45.5. The number of carbonyl (C=O) groups is 1. The van der Waals surface area contributed by atoms with E-state index in [1.165, 1.54) is 23.1 Å². The number of hydrogen-bond donors (Lipinski definition) is 3. The van der Waals surface area contributed by atoms with E-state index in [9.17, 15) is 34.6 Å². The lowest BCUT2D eigenvalue weighted by Gasteiger charge is -2.59. The zero-order valence-electron chi connectivity index (χ0n) is 36.4. The van der Waals surface area contributed by atoms with Crippen molar-refractivity contribution in [1.82, 2.24) is 4.90 Å². The van der Waals surface area contributed by atoms with Crippen LogP contribution in [0.1, 0.15) is 74.5 Å². The Labute approximate surface area is 373 Å². The van der Waals surface area contributed by atoms with E-state index < -0.39 is 28.8 Å². The van der Waals surface area contributed by atoms with Crippen LogP contribution in [0.3, 0.4) is 0 Å². The van der Waals surface area contributed by atoms with Gasteiger partial charge in [0.15, 0.2) is 0 Å². The Morgan fingerprint density at radius 2 is 1.78 bits per heavy atom. The van der Waals surface area contributed by atoms with Gasteiger partial charge in [-0.1, -0.05) is 48.3 Å². The Kier molecular flexibility index (Phi) is 17.7. The molecule has 3 aliphatic rings. The van der Waals surface area contributed by atoms with Crippen molar-refractivity contribution in [2.45, 2.75) is 82.8 Å². The Bertz CT molecular complexity index is 2080. The summed E-state index contributed by atoms with van der Waals surface area (Å²) in [4.78, 5) is 32.7. The molecule has 64 heavy (non-hydrogen) atoms. The quantitative estimate of drug-likeness (QED) is 0.0327. The molecule has 0 spiro atoms. The number of halogens is 1. The smallest absolute Gasteiger partial charge is 0.410 e. The normalized spacial score (nSPS) is 22.7. The van der Waals surface area contributed by atoms with Gasteiger partial charge in [0, 0.05) is 55.4 Å². The van der Waals surface area contributed by atoms with Crippen LogP contribution < -0.4 is 9.47 Å². The Morgan fingerprint density at radius 1 is 1.02 bits per heavy atom. The number of nitro benzene ring substituents is 1. The van der Waals surface area contributed by atoms with Gasteiger partial charge in [-0.3, -0.25) is 15.0 Å². The molecule has 1 heterocycles. The molecular formula is C48H60FN3O12. The lowest BCUT2D eigenvalue weighted by Crippen LogP contribution is -2.70. The molecule has 0 radical (unpaired) electrons. The van der Waals surface area contributed by atoms with Crippen molar-refractivity contribution in [2.24, 2.45) is 22.9 Å². The summed E-state index contributed by atoms with van der Waals surface area (Å²) in [5.41, 5.74) is 3.14. The topological polar surface area (TPSA) is 192 Å². The van der Waals surface area contributed by atoms with E-state index in [1.807, 2.05) is 12.1 Å². The first kappa shape index (κ1) is 48.1. The molecule has 0 aromatic heterocycles. The number of nitrogens with zero attached hydrogens (tertiary/aromatic N) is 3. The van der Waals surface area contributed by atoms with E-state index in [0.717, 1.165) is 24.0 Å². The number of carbonyl (C=O) groups excluding carboxylic acids is 1. The number of fused-ring (bicyclic) bond motifs is 2. The van der Waals surface area contributed by atoms with E-state index in [4.69, 9.17) is 33.7 Å². The number of aliphatic hydroxyl groups excluding tert-OH is 3. The molecule has 3 aromatic rings. The van der Waals surface area contributed by atoms with Crippen LogP contribution in [0.2, 0.25) is 0 Å². The number of unbranched alkanes of at least 4 members (excludes halogenated alkanes) is 2. The monoisotopic (exact) mass is 889 g/mol. The van der Waals surface area contributed by atoms with E-state index in [1.54, 1.807) is 49.4 Å². The highest BCUT2D eigenvalue weighted by atomic mass is 19.1.